The molecule has 0 saturated heterocycles. The molecule has 0 unspecified atom stereocenters. The number of hydrogen-bond donors (Lipinski definition) is 2. The van der Waals surface area contributed by atoms with Gasteiger partial charge in [-0.1, -0.05) is 12.1 Å². The van der Waals surface area contributed by atoms with Gasteiger partial charge in [-0.15, -0.1) is 11.3 Å². The second-order valence-electron chi connectivity index (χ2n) is 5.53. The molecule has 0 saturated carbocycles. The molecule has 0 spiro atoms. The van der Waals surface area contributed by atoms with Gasteiger partial charge in [-0.2, -0.15) is 0 Å². The van der Waals surface area contributed by atoms with Gasteiger partial charge >= 0.3 is 5.97 Å². The number of benzene rings is 1. The summed E-state index contributed by atoms with van der Waals surface area (Å²) in [5, 5.41) is 11.6. The lowest BCUT2D eigenvalue weighted by Gasteiger charge is -2.06. The van der Waals surface area contributed by atoms with Crippen LogP contribution in [0.15, 0.2) is 30.3 Å². The third-order valence-electron chi connectivity index (χ3n) is 3.61. The Morgan fingerprint density at radius 1 is 1.08 bits per heavy atom. The largest absolute Gasteiger partial charge is 0.478 e. The molecule has 1 amide bonds. The van der Waals surface area contributed by atoms with E-state index in [4.69, 9.17) is 5.11 Å². The summed E-state index contributed by atoms with van der Waals surface area (Å²) >= 11 is 1.58. The minimum atomic E-state index is -0.983. The molecule has 0 bridgehead atoms. The summed E-state index contributed by atoms with van der Waals surface area (Å²) in [6, 6.07) is 8.17. The number of thiophene rings is 1. The van der Waals surface area contributed by atoms with Crippen LogP contribution in [0.1, 0.15) is 48.9 Å². The van der Waals surface area contributed by atoms with E-state index in [0.717, 1.165) is 15.3 Å². The highest BCUT2D eigenvalue weighted by Gasteiger charge is 2.13. The van der Waals surface area contributed by atoms with Crippen LogP contribution in [0.4, 0.5) is 0 Å². The van der Waals surface area contributed by atoms with E-state index in [9.17, 15) is 14.4 Å². The van der Waals surface area contributed by atoms with Crippen LogP contribution in [0.5, 0.6) is 0 Å². The Bertz CT molecular complexity index is 762. The van der Waals surface area contributed by atoms with Crippen molar-refractivity contribution in [2.24, 2.45) is 0 Å². The Hall–Kier alpha value is -2.47. The van der Waals surface area contributed by atoms with E-state index in [1.807, 2.05) is 19.9 Å². The van der Waals surface area contributed by atoms with Gasteiger partial charge in [0.25, 0.3) is 0 Å². The lowest BCUT2D eigenvalue weighted by molar-refractivity contribution is -0.121. The van der Waals surface area contributed by atoms with Crippen molar-refractivity contribution in [1.82, 2.24) is 5.32 Å². The molecule has 2 N–H and O–H groups in total. The quantitative estimate of drug-likeness (QED) is 0.754. The number of carbonyl (C=O) groups is 3. The summed E-state index contributed by atoms with van der Waals surface area (Å²) in [5.41, 5.74) is 1.72. The first-order valence-corrected chi connectivity index (χ1v) is 8.37. The van der Waals surface area contributed by atoms with E-state index < -0.39 is 5.97 Å². The summed E-state index contributed by atoms with van der Waals surface area (Å²) < 4.78 is 0. The maximum Gasteiger partial charge on any atom is 0.335 e. The lowest BCUT2D eigenvalue weighted by atomic mass is 10.1. The minimum Gasteiger partial charge on any atom is -0.478 e. The molecule has 126 valence electrons. The summed E-state index contributed by atoms with van der Waals surface area (Å²) in [5.74, 6) is -1.20. The number of ketones is 1. The van der Waals surface area contributed by atoms with Crippen molar-refractivity contribution < 1.29 is 19.5 Å². The molecule has 6 heteroatoms. The fourth-order valence-electron chi connectivity index (χ4n) is 2.32. The molecule has 1 aromatic heterocycles. The van der Waals surface area contributed by atoms with Crippen LogP contribution < -0.4 is 5.32 Å². The number of hydrogen-bond acceptors (Lipinski definition) is 4. The minimum absolute atomic E-state index is 0.0159. The van der Waals surface area contributed by atoms with E-state index in [1.165, 1.54) is 12.1 Å². The van der Waals surface area contributed by atoms with Crippen LogP contribution >= 0.6 is 11.3 Å². The molecule has 0 radical (unpaired) electrons. The number of aryl methyl sites for hydroxylation is 2. The molecule has 5 nitrogen and oxygen atoms in total. The second kappa shape index (κ2) is 7.88. The van der Waals surface area contributed by atoms with Gasteiger partial charge in [-0.3, -0.25) is 9.59 Å². The number of carboxylic acid groups (broad SMARTS) is 1. The molecule has 0 aliphatic carbocycles. The van der Waals surface area contributed by atoms with E-state index >= 15 is 0 Å². The number of Topliss-reactive ketones (excluding diaryl/α,β-unsaturated/α-hetero) is 1. The number of carbonyl (C=O) groups excluding carboxylic acids is 2. The SMILES string of the molecule is Cc1cc(C(=O)CCC(=O)NCc2ccc(C(=O)O)cc2)c(C)s1. The zero-order chi connectivity index (χ0) is 17.7. The third kappa shape index (κ3) is 4.76. The van der Waals surface area contributed by atoms with Crippen molar-refractivity contribution in [3.05, 3.63) is 56.8 Å². The van der Waals surface area contributed by atoms with Crippen molar-refractivity contribution in [2.45, 2.75) is 33.2 Å². The first-order chi connectivity index (χ1) is 11.4. The Morgan fingerprint density at radius 3 is 2.29 bits per heavy atom. The van der Waals surface area contributed by atoms with Crippen molar-refractivity contribution in [1.29, 1.82) is 0 Å². The van der Waals surface area contributed by atoms with Crippen LogP contribution in [-0.2, 0) is 11.3 Å². The molecule has 1 heterocycles. The van der Waals surface area contributed by atoms with Crippen LogP contribution in [0.3, 0.4) is 0 Å². The van der Waals surface area contributed by atoms with Crippen LogP contribution in [0.25, 0.3) is 0 Å². The van der Waals surface area contributed by atoms with Crippen LogP contribution in [0.2, 0.25) is 0 Å². The molecule has 1 aromatic carbocycles. The molecule has 2 rings (SSSR count). The van der Waals surface area contributed by atoms with E-state index in [0.29, 0.717) is 12.1 Å². The molecule has 24 heavy (non-hydrogen) atoms. The molecule has 0 fully saturated rings. The third-order valence-corrected chi connectivity index (χ3v) is 4.58. The molecule has 0 aliphatic rings. The first kappa shape index (κ1) is 17.9. The van der Waals surface area contributed by atoms with Gasteiger partial charge < -0.3 is 10.4 Å². The molecule has 2 aromatic rings. The maximum absolute atomic E-state index is 12.1. The number of carboxylic acids is 1. The fraction of sp³-hybridized carbons (Fsp3) is 0.278. The normalized spacial score (nSPS) is 10.4. The van der Waals surface area contributed by atoms with Crippen molar-refractivity contribution in [2.75, 3.05) is 0 Å². The first-order valence-electron chi connectivity index (χ1n) is 7.56. The smallest absolute Gasteiger partial charge is 0.335 e. The van der Waals surface area contributed by atoms with E-state index in [-0.39, 0.29) is 30.1 Å². The van der Waals surface area contributed by atoms with E-state index in [2.05, 4.69) is 5.32 Å². The fourth-order valence-corrected chi connectivity index (χ4v) is 3.27. The zero-order valence-electron chi connectivity index (χ0n) is 13.6. The molecule has 0 atom stereocenters. The average molecular weight is 345 g/mol. The lowest BCUT2D eigenvalue weighted by Crippen LogP contribution is -2.23. The Morgan fingerprint density at radius 2 is 1.75 bits per heavy atom. The predicted octanol–water partition coefficient (Wildman–Crippen LogP) is 3.34. The second-order valence-corrected chi connectivity index (χ2v) is 6.99. The van der Waals surface area contributed by atoms with Crippen molar-refractivity contribution in [3.8, 4) is 0 Å². The Balaban J connectivity index is 1.80. The summed E-state index contributed by atoms with van der Waals surface area (Å²) in [7, 11) is 0. The number of aromatic carboxylic acids is 1. The summed E-state index contributed by atoms with van der Waals surface area (Å²) in [4.78, 5) is 36.8. The van der Waals surface area contributed by atoms with Gasteiger partial charge in [-0.05, 0) is 37.6 Å². The topological polar surface area (TPSA) is 83.5 Å². The molecule has 0 aliphatic heterocycles. The Labute approximate surface area is 144 Å². The average Bonchev–Trinajstić information content (AvgIpc) is 2.89. The van der Waals surface area contributed by atoms with Gasteiger partial charge in [0.15, 0.2) is 5.78 Å². The standard InChI is InChI=1S/C18H19NO4S/c1-11-9-15(12(2)24-11)16(20)7-8-17(21)19-10-13-3-5-14(6-4-13)18(22)23/h3-6,9H,7-8,10H2,1-2H3,(H,19,21)(H,22,23). The Kier molecular flexibility index (Phi) is 5.87. The van der Waals surface area contributed by atoms with Gasteiger partial charge in [0.05, 0.1) is 5.56 Å². The van der Waals surface area contributed by atoms with Crippen LogP contribution in [0, 0.1) is 13.8 Å². The zero-order valence-corrected chi connectivity index (χ0v) is 14.4. The molecular formula is C18H19NO4S. The van der Waals surface area contributed by atoms with Crippen LogP contribution in [-0.4, -0.2) is 22.8 Å². The number of rotatable bonds is 7. The van der Waals surface area contributed by atoms with Gasteiger partial charge in [0, 0.05) is 34.7 Å². The summed E-state index contributed by atoms with van der Waals surface area (Å²) in [6.07, 6.45) is 0.321. The highest BCUT2D eigenvalue weighted by molar-refractivity contribution is 7.12. The van der Waals surface area contributed by atoms with Gasteiger partial charge in [-0.25, -0.2) is 4.79 Å². The van der Waals surface area contributed by atoms with E-state index in [1.54, 1.807) is 23.5 Å². The van der Waals surface area contributed by atoms with Crippen molar-refractivity contribution in [3.63, 3.8) is 0 Å². The highest BCUT2D eigenvalue weighted by atomic mass is 32.1. The maximum atomic E-state index is 12.1. The summed E-state index contributed by atoms with van der Waals surface area (Å²) in [6.45, 7) is 4.17. The monoisotopic (exact) mass is 345 g/mol. The predicted molar refractivity (Wildman–Crippen MR) is 92.6 cm³/mol. The molecular weight excluding hydrogens is 326 g/mol. The van der Waals surface area contributed by atoms with Gasteiger partial charge in [0.2, 0.25) is 5.91 Å². The number of amides is 1. The van der Waals surface area contributed by atoms with Gasteiger partial charge in [0.1, 0.15) is 0 Å². The number of nitrogens with one attached hydrogen (secondary N) is 1. The highest BCUT2D eigenvalue weighted by Crippen LogP contribution is 2.22. The van der Waals surface area contributed by atoms with Crippen molar-refractivity contribution >= 4 is 29.0 Å².